The van der Waals surface area contributed by atoms with E-state index >= 15 is 0 Å². The highest BCUT2D eigenvalue weighted by atomic mass is 19.2. The summed E-state index contributed by atoms with van der Waals surface area (Å²) in [6.45, 7) is 0. The van der Waals surface area contributed by atoms with Crippen molar-refractivity contribution in [3.63, 3.8) is 0 Å². The van der Waals surface area contributed by atoms with Gasteiger partial charge in [0.2, 0.25) is 0 Å². The number of halogens is 2. The van der Waals surface area contributed by atoms with Gasteiger partial charge in [-0.3, -0.25) is 0 Å². The zero-order valence-corrected chi connectivity index (χ0v) is 11.3. The van der Waals surface area contributed by atoms with Crippen molar-refractivity contribution in [1.82, 2.24) is 10.2 Å². The predicted octanol–water partition coefficient (Wildman–Crippen LogP) is 3.96. The highest BCUT2D eigenvalue weighted by Crippen LogP contribution is 2.25. The van der Waals surface area contributed by atoms with Gasteiger partial charge < -0.3 is 0 Å². The molecule has 3 aromatic rings. The zero-order valence-electron chi connectivity index (χ0n) is 11.3. The molecule has 0 spiro atoms. The van der Waals surface area contributed by atoms with Crippen molar-refractivity contribution in [2.24, 2.45) is 0 Å². The Hall–Kier alpha value is -3.13. The van der Waals surface area contributed by atoms with Crippen molar-refractivity contribution >= 4 is 0 Å². The molecule has 0 fully saturated rings. The minimum absolute atomic E-state index is 0.445. The first-order valence-electron chi connectivity index (χ1n) is 6.46. The summed E-state index contributed by atoms with van der Waals surface area (Å²) in [6.07, 6.45) is 1.57. The Labute approximate surface area is 125 Å². The van der Waals surface area contributed by atoms with Gasteiger partial charge in [0.1, 0.15) is 0 Å². The molecule has 0 N–H and O–H groups in total. The molecule has 3 nitrogen and oxygen atoms in total. The zero-order chi connectivity index (χ0) is 15.5. The predicted molar refractivity (Wildman–Crippen MR) is 77.5 cm³/mol. The maximum atomic E-state index is 13.3. The molecule has 0 saturated carbocycles. The molecule has 0 saturated heterocycles. The van der Waals surface area contributed by atoms with Crippen LogP contribution >= 0.6 is 0 Å². The molecule has 0 atom stereocenters. The van der Waals surface area contributed by atoms with Crippen molar-refractivity contribution < 1.29 is 8.78 Å². The molecule has 3 rings (SSSR count). The highest BCUT2D eigenvalue weighted by Gasteiger charge is 2.08. The molecule has 1 aromatic heterocycles. The Bertz CT molecular complexity index is 868. The maximum absolute atomic E-state index is 13.3. The van der Waals surface area contributed by atoms with Crippen molar-refractivity contribution in [2.45, 2.75) is 0 Å². The minimum atomic E-state index is -0.928. The molecule has 5 heteroatoms. The molecule has 106 valence electrons. The molecule has 0 radical (unpaired) electrons. The quantitative estimate of drug-likeness (QED) is 0.718. The number of hydrogen-bond acceptors (Lipinski definition) is 3. The third-order valence-corrected chi connectivity index (χ3v) is 3.22. The molecule has 22 heavy (non-hydrogen) atoms. The fraction of sp³-hybridized carbons (Fsp3) is 0. The normalized spacial score (nSPS) is 10.2. The average molecular weight is 293 g/mol. The Balaban J connectivity index is 2.01. The molecule has 0 unspecified atom stereocenters. The van der Waals surface area contributed by atoms with Crippen LogP contribution in [0.15, 0.2) is 54.7 Å². The van der Waals surface area contributed by atoms with Gasteiger partial charge in [-0.25, -0.2) is 8.78 Å². The van der Waals surface area contributed by atoms with E-state index in [0.29, 0.717) is 16.8 Å². The second-order valence-electron chi connectivity index (χ2n) is 4.65. The molecule has 0 aliphatic carbocycles. The molecular formula is C17H9F2N3. The largest absolute Gasteiger partial charge is 0.204 e. The maximum Gasteiger partial charge on any atom is 0.159 e. The fourth-order valence-corrected chi connectivity index (χ4v) is 2.06. The summed E-state index contributed by atoms with van der Waals surface area (Å²) in [7, 11) is 0. The van der Waals surface area contributed by atoms with Crippen molar-refractivity contribution in [2.75, 3.05) is 0 Å². The third-order valence-electron chi connectivity index (χ3n) is 3.22. The lowest BCUT2D eigenvalue weighted by Gasteiger charge is -2.05. The van der Waals surface area contributed by atoms with E-state index in [1.807, 2.05) is 6.07 Å². The van der Waals surface area contributed by atoms with Crippen LogP contribution in [-0.2, 0) is 0 Å². The summed E-state index contributed by atoms with van der Waals surface area (Å²) in [4.78, 5) is 0. The van der Waals surface area contributed by atoms with Gasteiger partial charge in [0.15, 0.2) is 11.6 Å². The monoisotopic (exact) mass is 293 g/mol. The van der Waals surface area contributed by atoms with E-state index in [1.165, 1.54) is 6.07 Å². The smallest absolute Gasteiger partial charge is 0.159 e. The summed E-state index contributed by atoms with van der Waals surface area (Å²) in [6, 6.07) is 14.4. The van der Waals surface area contributed by atoms with Crippen LogP contribution in [0, 0.1) is 23.0 Å². The van der Waals surface area contributed by atoms with Crippen LogP contribution in [0.4, 0.5) is 8.78 Å². The van der Waals surface area contributed by atoms with Crippen LogP contribution in [0.1, 0.15) is 5.56 Å². The van der Waals surface area contributed by atoms with E-state index in [2.05, 4.69) is 10.2 Å². The van der Waals surface area contributed by atoms with Crippen LogP contribution in [0.25, 0.3) is 22.4 Å². The molecule has 2 aromatic carbocycles. The summed E-state index contributed by atoms with van der Waals surface area (Å²) < 4.78 is 26.3. The van der Waals surface area contributed by atoms with Gasteiger partial charge in [-0.15, -0.1) is 0 Å². The number of rotatable bonds is 2. The number of nitrogens with zero attached hydrogens (tertiary/aromatic N) is 3. The van der Waals surface area contributed by atoms with Gasteiger partial charge in [-0.2, -0.15) is 15.5 Å². The number of nitriles is 1. The van der Waals surface area contributed by atoms with Gasteiger partial charge >= 0.3 is 0 Å². The first kappa shape index (κ1) is 13.8. The van der Waals surface area contributed by atoms with Crippen molar-refractivity contribution in [3.05, 3.63) is 71.9 Å². The molecule has 0 amide bonds. The van der Waals surface area contributed by atoms with Crippen LogP contribution in [0.5, 0.6) is 0 Å². The van der Waals surface area contributed by atoms with Crippen LogP contribution in [0.3, 0.4) is 0 Å². The van der Waals surface area contributed by atoms with Gasteiger partial charge in [-0.05, 0) is 42.0 Å². The molecule has 0 aliphatic heterocycles. The molecule has 1 heterocycles. The standard InChI is InChI=1S/C17H9F2N3/c18-15-6-5-13(7-16(15)19)17-8-14(10-21-22-17)12-3-1-11(9-20)2-4-12/h1-8,10H. The minimum Gasteiger partial charge on any atom is -0.204 e. The first-order valence-corrected chi connectivity index (χ1v) is 6.46. The Morgan fingerprint density at radius 2 is 1.55 bits per heavy atom. The van der Waals surface area contributed by atoms with Crippen LogP contribution in [-0.4, -0.2) is 10.2 Å². The Morgan fingerprint density at radius 3 is 2.23 bits per heavy atom. The highest BCUT2D eigenvalue weighted by molar-refractivity contribution is 5.69. The molecular weight excluding hydrogens is 284 g/mol. The lowest BCUT2D eigenvalue weighted by molar-refractivity contribution is 0.509. The lowest BCUT2D eigenvalue weighted by Crippen LogP contribution is -1.91. The number of benzene rings is 2. The lowest BCUT2D eigenvalue weighted by atomic mass is 10.0. The summed E-state index contributed by atoms with van der Waals surface area (Å²) >= 11 is 0. The van der Waals surface area contributed by atoms with E-state index in [4.69, 9.17) is 5.26 Å². The van der Waals surface area contributed by atoms with Crippen LogP contribution < -0.4 is 0 Å². The van der Waals surface area contributed by atoms with E-state index in [0.717, 1.165) is 23.3 Å². The summed E-state index contributed by atoms with van der Waals surface area (Å²) in [5, 5.41) is 16.7. The summed E-state index contributed by atoms with van der Waals surface area (Å²) in [5.74, 6) is -1.83. The topological polar surface area (TPSA) is 49.6 Å². The Morgan fingerprint density at radius 1 is 0.818 bits per heavy atom. The van der Waals surface area contributed by atoms with E-state index < -0.39 is 11.6 Å². The van der Waals surface area contributed by atoms with Gasteiger partial charge in [0.05, 0.1) is 23.5 Å². The second kappa shape index (κ2) is 5.70. The molecule has 0 bridgehead atoms. The SMILES string of the molecule is N#Cc1ccc(-c2cnnc(-c3ccc(F)c(F)c3)c2)cc1. The third kappa shape index (κ3) is 2.67. The summed E-state index contributed by atoms with van der Waals surface area (Å²) in [5.41, 5.74) is 3.09. The number of hydrogen-bond donors (Lipinski definition) is 0. The van der Waals surface area contributed by atoms with Gasteiger partial charge in [-0.1, -0.05) is 12.1 Å². The van der Waals surface area contributed by atoms with E-state index in [-0.39, 0.29) is 0 Å². The fourth-order valence-electron chi connectivity index (χ4n) is 2.06. The number of aromatic nitrogens is 2. The van der Waals surface area contributed by atoms with Gasteiger partial charge in [0.25, 0.3) is 0 Å². The molecule has 0 aliphatic rings. The van der Waals surface area contributed by atoms with E-state index in [1.54, 1.807) is 36.5 Å². The van der Waals surface area contributed by atoms with Crippen molar-refractivity contribution in [3.8, 4) is 28.5 Å². The van der Waals surface area contributed by atoms with Gasteiger partial charge in [0, 0.05) is 11.1 Å². The van der Waals surface area contributed by atoms with Crippen LogP contribution in [0.2, 0.25) is 0 Å². The Kier molecular flexibility index (Phi) is 3.58. The van der Waals surface area contributed by atoms with Crippen molar-refractivity contribution in [1.29, 1.82) is 5.26 Å². The average Bonchev–Trinajstić information content (AvgIpc) is 2.57. The van der Waals surface area contributed by atoms with E-state index in [9.17, 15) is 8.78 Å². The second-order valence-corrected chi connectivity index (χ2v) is 4.65. The first-order chi connectivity index (χ1) is 10.7.